The van der Waals surface area contributed by atoms with Crippen molar-refractivity contribution in [3.05, 3.63) is 63.1 Å². The number of para-hydroxylation sites is 1. The lowest BCUT2D eigenvalue weighted by atomic mass is 9.97. The lowest BCUT2D eigenvalue weighted by Gasteiger charge is -2.13. The second-order valence-corrected chi connectivity index (χ2v) is 5.67. The van der Waals surface area contributed by atoms with E-state index in [2.05, 4.69) is 6.07 Å². The van der Waals surface area contributed by atoms with Crippen LogP contribution in [-0.4, -0.2) is 6.61 Å². The van der Waals surface area contributed by atoms with E-state index < -0.39 is 0 Å². The summed E-state index contributed by atoms with van der Waals surface area (Å²) in [6.07, 6.45) is 0.517. The molecule has 0 N–H and O–H groups in total. The maximum absolute atomic E-state index is 9.30. The molecule has 0 aromatic heterocycles. The van der Waals surface area contributed by atoms with Crippen molar-refractivity contribution in [1.82, 2.24) is 0 Å². The zero-order chi connectivity index (χ0) is 15.2. The van der Waals surface area contributed by atoms with Gasteiger partial charge in [0.25, 0.3) is 0 Å². The van der Waals surface area contributed by atoms with Crippen LogP contribution in [0.3, 0.4) is 0 Å². The zero-order valence-corrected chi connectivity index (χ0v) is 13.3. The molecule has 0 spiro atoms. The highest BCUT2D eigenvalue weighted by molar-refractivity contribution is 6.35. The SMILES string of the molecule is N#C[C@H](CCOc1ccccc1Cl)c1ccc(Cl)cc1Cl. The molecule has 0 amide bonds. The van der Waals surface area contributed by atoms with Gasteiger partial charge in [-0.3, -0.25) is 0 Å². The predicted octanol–water partition coefficient (Wildman–Crippen LogP) is 5.72. The van der Waals surface area contributed by atoms with Crippen LogP contribution < -0.4 is 4.74 Å². The molecule has 2 aromatic rings. The fourth-order valence-electron chi connectivity index (χ4n) is 1.92. The lowest BCUT2D eigenvalue weighted by Crippen LogP contribution is -2.05. The molecule has 2 aromatic carbocycles. The van der Waals surface area contributed by atoms with Gasteiger partial charge in [-0.15, -0.1) is 0 Å². The Balaban J connectivity index is 2.01. The van der Waals surface area contributed by atoms with Gasteiger partial charge in [-0.1, -0.05) is 53.0 Å². The van der Waals surface area contributed by atoms with Crippen LogP contribution >= 0.6 is 34.8 Å². The first-order chi connectivity index (χ1) is 10.1. The molecule has 0 saturated carbocycles. The molecule has 0 radical (unpaired) electrons. The molecule has 5 heteroatoms. The average molecular weight is 341 g/mol. The number of rotatable bonds is 5. The third-order valence-electron chi connectivity index (χ3n) is 2.99. The van der Waals surface area contributed by atoms with E-state index in [1.54, 1.807) is 30.3 Å². The van der Waals surface area contributed by atoms with Crippen molar-refractivity contribution in [2.45, 2.75) is 12.3 Å². The van der Waals surface area contributed by atoms with E-state index >= 15 is 0 Å². The molecule has 0 saturated heterocycles. The minimum atomic E-state index is -0.350. The summed E-state index contributed by atoms with van der Waals surface area (Å²) in [5.41, 5.74) is 0.756. The van der Waals surface area contributed by atoms with Crippen LogP contribution in [0.15, 0.2) is 42.5 Å². The highest BCUT2D eigenvalue weighted by Gasteiger charge is 2.15. The second-order valence-electron chi connectivity index (χ2n) is 4.42. The Morgan fingerprint density at radius 2 is 1.81 bits per heavy atom. The Kier molecular flexibility index (Phi) is 5.76. The molecule has 108 valence electrons. The Bertz CT molecular complexity index is 667. The van der Waals surface area contributed by atoms with Crippen molar-refractivity contribution < 1.29 is 4.74 Å². The summed E-state index contributed by atoms with van der Waals surface area (Å²) in [5.74, 6) is 0.260. The van der Waals surface area contributed by atoms with Gasteiger partial charge in [-0.05, 0) is 29.8 Å². The van der Waals surface area contributed by atoms with Crippen LogP contribution in [0.5, 0.6) is 5.75 Å². The number of hydrogen-bond acceptors (Lipinski definition) is 2. The number of benzene rings is 2. The van der Waals surface area contributed by atoms with E-state index in [1.165, 1.54) is 0 Å². The third kappa shape index (κ3) is 4.28. The normalized spacial score (nSPS) is 11.7. The van der Waals surface area contributed by atoms with Gasteiger partial charge in [0, 0.05) is 16.5 Å². The molecule has 0 aliphatic carbocycles. The largest absolute Gasteiger partial charge is 0.492 e. The van der Waals surface area contributed by atoms with Crippen LogP contribution in [-0.2, 0) is 0 Å². The summed E-state index contributed by atoms with van der Waals surface area (Å²) < 4.78 is 5.60. The molecular formula is C16H12Cl3NO. The van der Waals surface area contributed by atoms with Gasteiger partial charge in [0.05, 0.1) is 23.6 Å². The molecule has 0 aliphatic heterocycles. The van der Waals surface area contributed by atoms with Crippen molar-refractivity contribution in [3.8, 4) is 11.8 Å². The second kappa shape index (κ2) is 7.56. The number of hydrogen-bond donors (Lipinski definition) is 0. The van der Waals surface area contributed by atoms with Crippen molar-refractivity contribution in [2.24, 2.45) is 0 Å². The Hall–Kier alpha value is -1.40. The van der Waals surface area contributed by atoms with Crippen molar-refractivity contribution >= 4 is 34.8 Å². The van der Waals surface area contributed by atoms with Crippen LogP contribution in [0.1, 0.15) is 17.9 Å². The average Bonchev–Trinajstić information content (AvgIpc) is 2.46. The summed E-state index contributed by atoms with van der Waals surface area (Å²) in [4.78, 5) is 0. The first kappa shape index (κ1) is 16.0. The number of halogens is 3. The fraction of sp³-hybridized carbons (Fsp3) is 0.188. The third-order valence-corrected chi connectivity index (χ3v) is 3.87. The van der Waals surface area contributed by atoms with Gasteiger partial charge in [-0.2, -0.15) is 5.26 Å². The van der Waals surface area contributed by atoms with Gasteiger partial charge < -0.3 is 4.74 Å². The van der Waals surface area contributed by atoms with E-state index in [4.69, 9.17) is 39.5 Å². The van der Waals surface area contributed by atoms with Crippen molar-refractivity contribution in [1.29, 1.82) is 5.26 Å². The molecule has 0 aliphatic rings. The molecule has 0 bridgehead atoms. The molecule has 21 heavy (non-hydrogen) atoms. The van der Waals surface area contributed by atoms with E-state index in [1.807, 2.05) is 12.1 Å². The highest BCUT2D eigenvalue weighted by Crippen LogP contribution is 2.30. The van der Waals surface area contributed by atoms with Gasteiger partial charge in [0.1, 0.15) is 5.75 Å². The van der Waals surface area contributed by atoms with Crippen LogP contribution in [0.25, 0.3) is 0 Å². The highest BCUT2D eigenvalue weighted by atomic mass is 35.5. The standard InChI is InChI=1S/C16H12Cl3NO/c17-12-5-6-13(15(19)9-12)11(10-20)7-8-21-16-4-2-1-3-14(16)18/h1-6,9,11H,7-8H2/t11-/m0/s1. The van der Waals surface area contributed by atoms with Crippen molar-refractivity contribution in [2.75, 3.05) is 6.61 Å². The predicted molar refractivity (Wildman–Crippen MR) is 86.4 cm³/mol. The quantitative estimate of drug-likeness (QED) is 0.697. The monoisotopic (exact) mass is 339 g/mol. The lowest BCUT2D eigenvalue weighted by molar-refractivity contribution is 0.306. The molecule has 0 unspecified atom stereocenters. The Labute approximate surface area is 138 Å². The summed E-state index contributed by atoms with van der Waals surface area (Å²) in [6.45, 7) is 0.376. The van der Waals surface area contributed by atoms with Gasteiger partial charge in [-0.25, -0.2) is 0 Å². The molecule has 0 heterocycles. The van der Waals surface area contributed by atoms with Crippen LogP contribution in [0.4, 0.5) is 0 Å². The minimum Gasteiger partial charge on any atom is -0.492 e. The van der Waals surface area contributed by atoms with Gasteiger partial charge in [0.2, 0.25) is 0 Å². The molecular weight excluding hydrogens is 329 g/mol. The first-order valence-corrected chi connectivity index (χ1v) is 7.47. The zero-order valence-electron chi connectivity index (χ0n) is 11.0. The molecule has 0 fully saturated rings. The number of nitrogens with zero attached hydrogens (tertiary/aromatic N) is 1. The summed E-state index contributed by atoms with van der Waals surface area (Å²) >= 11 is 18.0. The molecule has 2 nitrogen and oxygen atoms in total. The van der Waals surface area contributed by atoms with E-state index in [0.717, 1.165) is 5.56 Å². The smallest absolute Gasteiger partial charge is 0.137 e. The van der Waals surface area contributed by atoms with Gasteiger partial charge >= 0.3 is 0 Å². The van der Waals surface area contributed by atoms with E-state index in [0.29, 0.717) is 33.8 Å². The van der Waals surface area contributed by atoms with Gasteiger partial charge in [0.15, 0.2) is 0 Å². The summed E-state index contributed by atoms with van der Waals surface area (Å²) in [7, 11) is 0. The van der Waals surface area contributed by atoms with E-state index in [-0.39, 0.29) is 5.92 Å². The minimum absolute atomic E-state index is 0.350. The molecule has 1 atom stereocenters. The van der Waals surface area contributed by atoms with E-state index in [9.17, 15) is 5.26 Å². The van der Waals surface area contributed by atoms with Crippen LogP contribution in [0.2, 0.25) is 15.1 Å². The van der Waals surface area contributed by atoms with Crippen LogP contribution in [0, 0.1) is 11.3 Å². The maximum Gasteiger partial charge on any atom is 0.137 e. The Morgan fingerprint density at radius 1 is 1.05 bits per heavy atom. The fourth-order valence-corrected chi connectivity index (χ4v) is 2.65. The van der Waals surface area contributed by atoms with Crippen molar-refractivity contribution in [3.63, 3.8) is 0 Å². The number of nitriles is 1. The molecule has 2 rings (SSSR count). The number of ether oxygens (including phenoxy) is 1. The summed E-state index contributed by atoms with van der Waals surface area (Å²) in [6, 6.07) is 14.6. The topological polar surface area (TPSA) is 33.0 Å². The Morgan fingerprint density at radius 3 is 2.48 bits per heavy atom. The summed E-state index contributed by atoms with van der Waals surface area (Å²) in [5, 5.41) is 10.9. The maximum atomic E-state index is 9.30. The first-order valence-electron chi connectivity index (χ1n) is 6.33.